The molecule has 242 valence electrons. The van der Waals surface area contributed by atoms with Crippen LogP contribution in [0.1, 0.15) is 61.6 Å². The molecule has 0 saturated heterocycles. The smallest absolute Gasteiger partial charge is 0.257 e. The number of methoxy groups -OCH3 is 1. The molecule has 1 aliphatic rings. The van der Waals surface area contributed by atoms with Crippen LogP contribution in [0.25, 0.3) is 0 Å². The van der Waals surface area contributed by atoms with Crippen molar-refractivity contribution in [2.45, 2.75) is 64.4 Å². The lowest BCUT2D eigenvalue weighted by Gasteiger charge is -2.36. The number of pyridine rings is 1. The average molecular weight is 626 g/mol. The molecule has 0 bridgehead atoms. The number of rotatable bonds is 11. The van der Waals surface area contributed by atoms with Gasteiger partial charge in [0.15, 0.2) is 11.5 Å². The number of ether oxygens (including phenoxy) is 1. The molecule has 1 aliphatic carbocycles. The van der Waals surface area contributed by atoms with Gasteiger partial charge in [-0.15, -0.1) is 0 Å². The molecule has 1 heterocycles. The lowest BCUT2D eigenvalue weighted by atomic mass is 9.86. The number of fused-ring (bicyclic) bond motifs is 1. The fourth-order valence-corrected chi connectivity index (χ4v) is 5.29. The number of carbonyl (C=O) groups excluding carboxylic acids is 2. The number of benzene rings is 2. The van der Waals surface area contributed by atoms with Crippen LogP contribution in [0.15, 0.2) is 85.5 Å². The van der Waals surface area contributed by atoms with E-state index in [2.05, 4.69) is 39.5 Å². The van der Waals surface area contributed by atoms with E-state index in [1.54, 1.807) is 12.4 Å². The van der Waals surface area contributed by atoms with E-state index in [4.69, 9.17) is 4.74 Å². The number of aromatic nitrogens is 1. The summed E-state index contributed by atoms with van der Waals surface area (Å²) >= 11 is 0. The third-order valence-electron chi connectivity index (χ3n) is 7.74. The zero-order chi connectivity index (χ0) is 33.5. The topological polar surface area (TPSA) is 136 Å². The predicted molar refractivity (Wildman–Crippen MR) is 175 cm³/mol. The van der Waals surface area contributed by atoms with Crippen LogP contribution in [0.5, 0.6) is 0 Å². The second-order valence-electron chi connectivity index (χ2n) is 12.8. The zero-order valence-corrected chi connectivity index (χ0v) is 27.0. The molecule has 10 heteroatoms. The molecule has 3 aromatic rings. The Balaban J connectivity index is 1.58. The number of aliphatic hydroxyl groups excluding tert-OH is 1. The monoisotopic (exact) mass is 625 g/mol. The molecule has 5 N–H and O–H groups in total. The maximum Gasteiger partial charge on any atom is 0.257 e. The van der Waals surface area contributed by atoms with Crippen molar-refractivity contribution in [3.05, 3.63) is 113 Å². The van der Waals surface area contributed by atoms with Gasteiger partial charge in [-0.05, 0) is 59.9 Å². The molecule has 4 rings (SSSR count). The van der Waals surface area contributed by atoms with E-state index in [0.29, 0.717) is 6.42 Å². The van der Waals surface area contributed by atoms with Crippen LogP contribution in [-0.4, -0.2) is 63.4 Å². The summed E-state index contributed by atoms with van der Waals surface area (Å²) in [5.74, 6) is 5.36. The van der Waals surface area contributed by atoms with Gasteiger partial charge in [0.25, 0.3) is 11.8 Å². The van der Waals surface area contributed by atoms with Crippen molar-refractivity contribution in [3.8, 4) is 11.8 Å². The minimum absolute atomic E-state index is 0.147. The van der Waals surface area contributed by atoms with E-state index >= 15 is 0 Å². The Morgan fingerprint density at radius 3 is 2.50 bits per heavy atom. The highest BCUT2D eigenvalue weighted by atomic mass is 16.5. The Hall–Kier alpha value is -4.69. The minimum atomic E-state index is -1.96. The molecule has 0 spiro atoms. The average Bonchev–Trinajstić information content (AvgIpc) is 3.32. The summed E-state index contributed by atoms with van der Waals surface area (Å²) in [6.07, 6.45) is 2.95. The third-order valence-corrected chi connectivity index (χ3v) is 7.74. The Labute approximate surface area is 270 Å². The summed E-state index contributed by atoms with van der Waals surface area (Å²) in [6, 6.07) is 17.2. The highest BCUT2D eigenvalue weighted by Crippen LogP contribution is 2.31. The Morgan fingerprint density at radius 1 is 1.09 bits per heavy atom. The second kappa shape index (κ2) is 14.6. The predicted octanol–water partition coefficient (Wildman–Crippen LogP) is 2.96. The van der Waals surface area contributed by atoms with E-state index in [1.807, 2.05) is 81.4 Å². The molecule has 0 unspecified atom stereocenters. The van der Waals surface area contributed by atoms with Crippen LogP contribution < -0.4 is 16.1 Å². The minimum Gasteiger partial charge on any atom is -0.483 e. The van der Waals surface area contributed by atoms with Gasteiger partial charge in [0, 0.05) is 36.5 Å². The number of carbonyl (C=O) groups is 2. The Kier molecular flexibility index (Phi) is 10.9. The molecule has 0 aliphatic heterocycles. The van der Waals surface area contributed by atoms with Gasteiger partial charge >= 0.3 is 0 Å². The highest BCUT2D eigenvalue weighted by molar-refractivity contribution is 5.86. The van der Waals surface area contributed by atoms with Crippen LogP contribution >= 0.6 is 0 Å². The van der Waals surface area contributed by atoms with Crippen molar-refractivity contribution in [1.82, 2.24) is 26.1 Å². The molecule has 2 amide bonds. The molecule has 46 heavy (non-hydrogen) atoms. The second-order valence-corrected chi connectivity index (χ2v) is 12.8. The van der Waals surface area contributed by atoms with Crippen molar-refractivity contribution in [1.29, 1.82) is 0 Å². The molecular weight excluding hydrogens is 582 g/mol. The van der Waals surface area contributed by atoms with Gasteiger partial charge in [-0.2, -0.15) is 0 Å². The summed E-state index contributed by atoms with van der Waals surface area (Å²) in [5, 5.41) is 29.6. The summed E-state index contributed by atoms with van der Waals surface area (Å²) in [7, 11) is 1.46. The fourth-order valence-electron chi connectivity index (χ4n) is 5.29. The first-order chi connectivity index (χ1) is 21.8. The van der Waals surface area contributed by atoms with E-state index < -0.39 is 41.0 Å². The van der Waals surface area contributed by atoms with Gasteiger partial charge in [0.2, 0.25) is 0 Å². The van der Waals surface area contributed by atoms with Crippen LogP contribution in [0.3, 0.4) is 0 Å². The van der Waals surface area contributed by atoms with Gasteiger partial charge in [-0.25, -0.2) is 5.01 Å². The first-order valence-corrected chi connectivity index (χ1v) is 15.1. The van der Waals surface area contributed by atoms with E-state index in [-0.39, 0.29) is 19.0 Å². The molecule has 2 aromatic carbocycles. The van der Waals surface area contributed by atoms with Crippen LogP contribution in [-0.2, 0) is 27.3 Å². The van der Waals surface area contributed by atoms with Crippen LogP contribution in [0.2, 0.25) is 0 Å². The standard InChI is InChI=1S/C36H43N5O5/c1-24(46-6)38-32(35(2,3)4)33(43)40-41(22-27-12-9-11-25(19-27)16-17-26-13-10-18-37-21-26)23-36(5,45)34(44)39-31-29-15-8-7-14-28(29)20-30(31)42/h7-15,18-19,21,30-32,38,42,45H,1,20,22-23H2,2-6H3,(H,39,44)(H,40,43)/t30-,31+,32-,36+/m1/s1. The van der Waals surface area contributed by atoms with E-state index in [0.717, 1.165) is 27.8 Å². The van der Waals surface area contributed by atoms with Gasteiger partial charge < -0.3 is 25.6 Å². The van der Waals surface area contributed by atoms with Gasteiger partial charge in [0.05, 0.1) is 25.8 Å². The quantitative estimate of drug-likeness (QED) is 0.125. The lowest BCUT2D eigenvalue weighted by Crippen LogP contribution is -2.60. The first kappa shape index (κ1) is 34.2. The van der Waals surface area contributed by atoms with Gasteiger partial charge in [-0.3, -0.25) is 20.0 Å². The van der Waals surface area contributed by atoms with Gasteiger partial charge in [-0.1, -0.05) is 69.0 Å². The summed E-state index contributed by atoms with van der Waals surface area (Å²) < 4.78 is 5.17. The normalized spacial score (nSPS) is 17.5. The molecule has 0 radical (unpaired) electrons. The molecular formula is C36H43N5O5. The largest absolute Gasteiger partial charge is 0.483 e. The summed E-state index contributed by atoms with van der Waals surface area (Å²) in [4.78, 5) is 31.3. The zero-order valence-electron chi connectivity index (χ0n) is 27.0. The number of nitrogens with zero attached hydrogens (tertiary/aromatic N) is 2. The number of hydrogen-bond acceptors (Lipinski definition) is 8. The SMILES string of the molecule is C=C(N[C@H](C(=O)NN(Cc1cccc(C#Cc2cccnc2)c1)C[C@](C)(O)C(=O)N[C@H]1c2ccccc2C[C@H]1O)C(C)(C)C)OC. The number of nitrogens with one attached hydrogen (secondary N) is 3. The first-order valence-electron chi connectivity index (χ1n) is 15.1. The summed E-state index contributed by atoms with van der Waals surface area (Å²) in [5.41, 5.74) is 4.47. The van der Waals surface area contributed by atoms with Crippen molar-refractivity contribution in [2.75, 3.05) is 13.7 Å². The molecule has 0 saturated carbocycles. The van der Waals surface area contributed by atoms with Gasteiger partial charge in [0.1, 0.15) is 6.04 Å². The molecule has 1 aromatic heterocycles. The van der Waals surface area contributed by atoms with Crippen molar-refractivity contribution in [3.63, 3.8) is 0 Å². The maximum atomic E-state index is 13.7. The number of hydrazine groups is 1. The molecule has 0 fully saturated rings. The number of aliphatic hydroxyl groups is 2. The number of hydrogen-bond donors (Lipinski definition) is 5. The van der Waals surface area contributed by atoms with Crippen molar-refractivity contribution < 1.29 is 24.5 Å². The van der Waals surface area contributed by atoms with Crippen molar-refractivity contribution in [2.24, 2.45) is 5.41 Å². The Bertz CT molecular complexity index is 1610. The summed E-state index contributed by atoms with van der Waals surface area (Å²) in [6.45, 7) is 10.8. The van der Waals surface area contributed by atoms with E-state index in [9.17, 15) is 19.8 Å². The molecule has 10 nitrogen and oxygen atoms in total. The third kappa shape index (κ3) is 8.95. The number of amides is 2. The van der Waals surface area contributed by atoms with Crippen LogP contribution in [0, 0.1) is 17.3 Å². The Morgan fingerprint density at radius 2 is 1.80 bits per heavy atom. The maximum absolute atomic E-state index is 13.7. The fraction of sp³-hybridized carbons (Fsp3) is 0.361. The molecule has 4 atom stereocenters. The lowest BCUT2D eigenvalue weighted by molar-refractivity contribution is -0.145. The van der Waals surface area contributed by atoms with Crippen molar-refractivity contribution >= 4 is 11.8 Å². The highest BCUT2D eigenvalue weighted by Gasteiger charge is 2.40. The van der Waals surface area contributed by atoms with Crippen LogP contribution in [0.4, 0.5) is 0 Å². The van der Waals surface area contributed by atoms with E-state index in [1.165, 1.54) is 19.0 Å².